The second-order valence-corrected chi connectivity index (χ2v) is 8.29. The van der Waals surface area contributed by atoms with Gasteiger partial charge in [-0.25, -0.2) is 4.98 Å². The molecular weight excluding hydrogens is 426 g/mol. The van der Waals surface area contributed by atoms with E-state index in [1.165, 1.54) is 11.3 Å². The molecule has 2 saturated heterocycles. The molecule has 0 saturated carbocycles. The van der Waals surface area contributed by atoms with Gasteiger partial charge in [-0.15, -0.1) is 23.7 Å². The van der Waals surface area contributed by atoms with Crippen molar-refractivity contribution >= 4 is 45.7 Å². The van der Waals surface area contributed by atoms with Gasteiger partial charge in [-0.05, 0) is 25.5 Å². The molecule has 2 fully saturated rings. The number of nitrogens with zero attached hydrogens (tertiary/aromatic N) is 4. The van der Waals surface area contributed by atoms with Crippen molar-refractivity contribution in [1.29, 1.82) is 0 Å². The van der Waals surface area contributed by atoms with Crippen molar-refractivity contribution < 1.29 is 4.74 Å². The maximum atomic E-state index is 13.2. The quantitative estimate of drug-likeness (QED) is 0.554. The number of aromatic nitrogens is 4. The maximum absolute atomic E-state index is 13.2. The summed E-state index contributed by atoms with van der Waals surface area (Å²) in [5.41, 5.74) is 1.10. The number of rotatable bonds is 4. The van der Waals surface area contributed by atoms with E-state index >= 15 is 0 Å². The number of thiazole rings is 1. The van der Waals surface area contributed by atoms with E-state index in [9.17, 15) is 4.79 Å². The highest BCUT2D eigenvalue weighted by atomic mass is 35.5. The molecule has 0 radical (unpaired) electrons. The lowest BCUT2D eigenvalue weighted by Gasteiger charge is -2.29. The summed E-state index contributed by atoms with van der Waals surface area (Å²) in [6.45, 7) is 4.55. The second-order valence-electron chi connectivity index (χ2n) is 7.26. The normalized spacial score (nSPS) is 19.5. The van der Waals surface area contributed by atoms with Crippen LogP contribution in [0.4, 0.5) is 11.8 Å². The van der Waals surface area contributed by atoms with E-state index in [0.717, 1.165) is 36.1 Å². The molecule has 3 N–H and O–H groups in total. The fourth-order valence-corrected chi connectivity index (χ4v) is 4.72. The zero-order valence-corrected chi connectivity index (χ0v) is 18.0. The summed E-state index contributed by atoms with van der Waals surface area (Å²) in [4.78, 5) is 31.8. The number of nitrogens with one attached hydrogen (secondary N) is 3. The Labute approximate surface area is 183 Å². The van der Waals surface area contributed by atoms with Crippen LogP contribution in [-0.2, 0) is 4.74 Å². The average molecular weight is 450 g/mol. The van der Waals surface area contributed by atoms with Crippen LogP contribution >= 0.6 is 23.7 Å². The number of fused-ring (bicyclic) bond motifs is 1. The molecule has 0 spiro atoms. The van der Waals surface area contributed by atoms with Gasteiger partial charge in [-0.3, -0.25) is 14.8 Å². The number of aromatic amines is 1. The molecule has 5 heterocycles. The topological polar surface area (TPSA) is 108 Å². The van der Waals surface area contributed by atoms with Crippen LogP contribution in [0.3, 0.4) is 0 Å². The largest absolute Gasteiger partial charge is 0.378 e. The molecule has 30 heavy (non-hydrogen) atoms. The molecule has 3 aromatic heterocycles. The first kappa shape index (κ1) is 21.0. The van der Waals surface area contributed by atoms with Crippen LogP contribution in [0, 0.1) is 0 Å². The smallest absolute Gasteiger partial charge is 0.264 e. The monoisotopic (exact) mass is 449 g/mol. The number of H-pyrrole nitrogens is 1. The molecule has 0 amide bonds. The molecule has 0 aliphatic carbocycles. The van der Waals surface area contributed by atoms with Crippen molar-refractivity contribution in [2.24, 2.45) is 0 Å². The van der Waals surface area contributed by atoms with Crippen LogP contribution in [0.25, 0.3) is 20.8 Å². The number of piperidine rings is 1. The van der Waals surface area contributed by atoms with E-state index in [1.54, 1.807) is 12.4 Å². The molecule has 9 nitrogen and oxygen atoms in total. The van der Waals surface area contributed by atoms with Gasteiger partial charge in [0.15, 0.2) is 0 Å². The van der Waals surface area contributed by atoms with Gasteiger partial charge in [-0.2, -0.15) is 4.98 Å². The van der Waals surface area contributed by atoms with Crippen molar-refractivity contribution in [3.8, 4) is 10.6 Å². The van der Waals surface area contributed by atoms with Crippen LogP contribution in [0.1, 0.15) is 12.8 Å². The van der Waals surface area contributed by atoms with Gasteiger partial charge in [0.05, 0.1) is 24.1 Å². The van der Waals surface area contributed by atoms with Gasteiger partial charge in [0.25, 0.3) is 5.56 Å². The minimum atomic E-state index is -0.181. The fourth-order valence-electron chi connectivity index (χ4n) is 3.74. The summed E-state index contributed by atoms with van der Waals surface area (Å²) in [6.07, 6.45) is 5.59. The van der Waals surface area contributed by atoms with Gasteiger partial charge >= 0.3 is 0 Å². The number of hydrogen-bond donors (Lipinski definition) is 3. The maximum Gasteiger partial charge on any atom is 0.264 e. The standard InChI is InChI=1S/C19H23N7O2S.ClH/c27-17-15(18-23-13-11-21-5-3-14(13)29-18)16(22-12-2-1-4-20-10-12)24-19(25-17)26-6-8-28-9-7-26;/h3,5,11-12,20H,1-2,4,6-10H2,(H2,22,24,25,27);1H/t12-;/m1./s1. The Morgan fingerprint density at radius 3 is 2.90 bits per heavy atom. The van der Waals surface area contributed by atoms with Crippen LogP contribution in [0.5, 0.6) is 0 Å². The van der Waals surface area contributed by atoms with E-state index in [0.29, 0.717) is 48.6 Å². The van der Waals surface area contributed by atoms with Crippen molar-refractivity contribution in [2.45, 2.75) is 18.9 Å². The minimum absolute atomic E-state index is 0. The summed E-state index contributed by atoms with van der Waals surface area (Å²) >= 11 is 1.48. The van der Waals surface area contributed by atoms with Gasteiger partial charge in [0.2, 0.25) is 5.95 Å². The molecule has 11 heteroatoms. The van der Waals surface area contributed by atoms with Gasteiger partial charge in [0, 0.05) is 31.9 Å². The van der Waals surface area contributed by atoms with Crippen LogP contribution in [0.15, 0.2) is 23.3 Å². The van der Waals surface area contributed by atoms with Gasteiger partial charge in [-0.1, -0.05) is 0 Å². The van der Waals surface area contributed by atoms with Crippen molar-refractivity contribution in [3.63, 3.8) is 0 Å². The summed E-state index contributed by atoms with van der Waals surface area (Å²) in [5, 5.41) is 7.57. The van der Waals surface area contributed by atoms with Crippen molar-refractivity contribution in [2.75, 3.05) is 49.6 Å². The molecule has 3 aromatic rings. The Bertz CT molecular complexity index is 1030. The van der Waals surface area contributed by atoms with E-state index < -0.39 is 0 Å². The van der Waals surface area contributed by atoms with E-state index in [2.05, 4.69) is 30.5 Å². The van der Waals surface area contributed by atoms with Crippen molar-refractivity contribution in [1.82, 2.24) is 25.3 Å². The van der Waals surface area contributed by atoms with E-state index in [1.807, 2.05) is 6.07 Å². The molecule has 1 atom stereocenters. The summed E-state index contributed by atoms with van der Waals surface area (Å²) in [5.74, 6) is 1.17. The number of ether oxygens (including phenoxy) is 1. The number of morpholine rings is 1. The Morgan fingerprint density at radius 1 is 1.27 bits per heavy atom. The average Bonchev–Trinajstić information content (AvgIpc) is 3.18. The first-order valence-corrected chi connectivity index (χ1v) is 10.7. The molecule has 0 unspecified atom stereocenters. The zero-order valence-electron chi connectivity index (χ0n) is 16.4. The highest BCUT2D eigenvalue weighted by Crippen LogP contribution is 2.32. The molecule has 2 aliphatic heterocycles. The SMILES string of the molecule is Cl.O=c1[nH]c(N2CCOCC2)nc(N[C@@H]2CCCNC2)c1-c1nc2cnccc2s1. The number of halogens is 1. The molecule has 0 aromatic carbocycles. The second kappa shape index (κ2) is 9.25. The van der Waals surface area contributed by atoms with Crippen LogP contribution in [0.2, 0.25) is 0 Å². The summed E-state index contributed by atoms with van der Waals surface area (Å²) in [7, 11) is 0. The molecule has 2 aliphatic rings. The summed E-state index contributed by atoms with van der Waals surface area (Å²) < 4.78 is 6.43. The molecule has 5 rings (SSSR count). The lowest BCUT2D eigenvalue weighted by molar-refractivity contribution is 0.122. The first-order valence-electron chi connectivity index (χ1n) is 9.93. The molecule has 160 valence electrons. The van der Waals surface area contributed by atoms with Gasteiger partial charge < -0.3 is 20.3 Å². The number of pyridine rings is 1. The number of anilines is 2. The molecular formula is C19H24ClN7O2S. The summed E-state index contributed by atoms with van der Waals surface area (Å²) in [6, 6.07) is 2.14. The number of hydrogen-bond acceptors (Lipinski definition) is 9. The molecule has 0 bridgehead atoms. The highest BCUT2D eigenvalue weighted by Gasteiger charge is 2.23. The Hall–Kier alpha value is -2.27. The Kier molecular flexibility index (Phi) is 6.47. The lowest BCUT2D eigenvalue weighted by atomic mass is 10.1. The highest BCUT2D eigenvalue weighted by molar-refractivity contribution is 7.21. The zero-order chi connectivity index (χ0) is 19.6. The van der Waals surface area contributed by atoms with Crippen LogP contribution in [-0.4, -0.2) is 65.4 Å². The predicted molar refractivity (Wildman–Crippen MR) is 121 cm³/mol. The van der Waals surface area contributed by atoms with Gasteiger partial charge in [0.1, 0.15) is 21.9 Å². The Morgan fingerprint density at radius 2 is 2.13 bits per heavy atom. The van der Waals surface area contributed by atoms with E-state index in [4.69, 9.17) is 9.72 Å². The first-order chi connectivity index (χ1) is 14.3. The fraction of sp³-hybridized carbons (Fsp3) is 0.474. The minimum Gasteiger partial charge on any atom is -0.378 e. The predicted octanol–water partition coefficient (Wildman–Crippen LogP) is 1.86. The third-order valence-corrected chi connectivity index (χ3v) is 6.31. The lowest BCUT2D eigenvalue weighted by Crippen LogP contribution is -2.40. The Balaban J connectivity index is 0.00000218. The van der Waals surface area contributed by atoms with E-state index in [-0.39, 0.29) is 24.0 Å². The van der Waals surface area contributed by atoms with Crippen LogP contribution < -0.4 is 21.1 Å². The van der Waals surface area contributed by atoms with Crippen molar-refractivity contribution in [3.05, 3.63) is 28.8 Å². The third-order valence-electron chi connectivity index (χ3n) is 5.26. The third kappa shape index (κ3) is 4.27.